The monoisotopic (exact) mass is 378 g/mol. The molecule has 0 aliphatic heterocycles. The summed E-state index contributed by atoms with van der Waals surface area (Å²) in [6.45, 7) is 20.3. The normalized spacial score (nSPS) is 13.3. The molecule has 152 valence electrons. The smallest absolute Gasteiger partial charge is 0.119 e. The fourth-order valence-corrected chi connectivity index (χ4v) is 3.99. The molecule has 0 radical (unpaired) electrons. The van der Waals surface area contributed by atoms with Crippen molar-refractivity contribution < 1.29 is 5.11 Å². The van der Waals surface area contributed by atoms with Gasteiger partial charge in [-0.15, -0.1) is 0 Å². The average Bonchev–Trinajstić information content (AvgIpc) is 2.53. The molecular formula is C27H38O. The first-order valence-corrected chi connectivity index (χ1v) is 10.3. The zero-order valence-corrected chi connectivity index (χ0v) is 19.3. The number of rotatable bonds is 3. The quantitative estimate of drug-likeness (QED) is 0.585. The second-order valence-electron chi connectivity index (χ2n) is 10.9. The van der Waals surface area contributed by atoms with Crippen LogP contribution >= 0.6 is 0 Å². The number of hydrogen-bond acceptors (Lipinski definition) is 1. The number of phenols is 1. The molecule has 2 aromatic rings. The zero-order valence-electron chi connectivity index (χ0n) is 19.3. The molecule has 1 heteroatoms. The number of hydrogen-bond donors (Lipinski definition) is 1. The lowest BCUT2D eigenvalue weighted by Crippen LogP contribution is -2.29. The van der Waals surface area contributed by atoms with Gasteiger partial charge in [0.15, 0.2) is 0 Å². The Bertz CT molecular complexity index is 835. The van der Waals surface area contributed by atoms with Gasteiger partial charge >= 0.3 is 0 Å². The van der Waals surface area contributed by atoms with Crippen molar-refractivity contribution in [1.82, 2.24) is 0 Å². The van der Waals surface area contributed by atoms with Crippen LogP contribution in [0.2, 0.25) is 0 Å². The third-order valence-corrected chi connectivity index (χ3v) is 5.15. The van der Waals surface area contributed by atoms with Gasteiger partial charge in [0.05, 0.1) is 0 Å². The molecule has 0 aliphatic rings. The zero-order chi connectivity index (χ0) is 21.3. The van der Waals surface area contributed by atoms with Gasteiger partial charge in [-0.2, -0.15) is 0 Å². The summed E-state index contributed by atoms with van der Waals surface area (Å²) >= 11 is 0. The third kappa shape index (κ3) is 5.07. The van der Waals surface area contributed by atoms with Crippen molar-refractivity contribution in [3.05, 3.63) is 70.3 Å². The van der Waals surface area contributed by atoms with E-state index in [-0.39, 0.29) is 16.2 Å². The molecule has 0 saturated carbocycles. The van der Waals surface area contributed by atoms with Gasteiger partial charge in [0.25, 0.3) is 0 Å². The van der Waals surface area contributed by atoms with Gasteiger partial charge < -0.3 is 5.11 Å². The topological polar surface area (TPSA) is 20.2 Å². The third-order valence-electron chi connectivity index (χ3n) is 5.15. The van der Waals surface area contributed by atoms with Gasteiger partial charge in [-0.3, -0.25) is 0 Å². The molecule has 0 heterocycles. The number of aromatic hydroxyl groups is 1. The van der Waals surface area contributed by atoms with E-state index in [0.717, 1.165) is 12.0 Å². The summed E-state index contributed by atoms with van der Waals surface area (Å²) in [4.78, 5) is 0. The van der Waals surface area contributed by atoms with Gasteiger partial charge in [-0.05, 0) is 51.0 Å². The predicted octanol–water partition coefficient (Wildman–Crippen LogP) is 7.54. The Morgan fingerprint density at radius 1 is 0.750 bits per heavy atom. The number of benzene rings is 2. The fourth-order valence-electron chi connectivity index (χ4n) is 3.99. The summed E-state index contributed by atoms with van der Waals surface area (Å²) in [6.07, 6.45) is 5.03. The standard InChI is InChI=1S/C27H38O/c1-25(2,3)21-18-22(28)20(17-13-16-19-14-11-10-12-15-19)23(26(4,5)6)24(21)27(7,8)9/h10-16,18,28H,17H2,1-9H3. The van der Waals surface area contributed by atoms with E-state index in [1.165, 1.54) is 22.3 Å². The summed E-state index contributed by atoms with van der Waals surface area (Å²) in [5.74, 6) is 0.417. The minimum atomic E-state index is -0.0583. The Hall–Kier alpha value is -2.02. The molecule has 0 aromatic heterocycles. The van der Waals surface area contributed by atoms with E-state index < -0.39 is 0 Å². The lowest BCUT2D eigenvalue weighted by atomic mass is 9.67. The fraction of sp³-hybridized carbons (Fsp3) is 0.481. The molecule has 0 atom stereocenters. The van der Waals surface area contributed by atoms with Crippen molar-refractivity contribution >= 4 is 6.08 Å². The molecule has 0 fully saturated rings. The van der Waals surface area contributed by atoms with Gasteiger partial charge in [0.2, 0.25) is 0 Å². The average molecular weight is 379 g/mol. The van der Waals surface area contributed by atoms with Crippen LogP contribution in [0.5, 0.6) is 5.75 Å². The lowest BCUT2D eigenvalue weighted by Gasteiger charge is -2.38. The molecule has 2 rings (SSSR count). The molecule has 2 aromatic carbocycles. The molecule has 0 bridgehead atoms. The van der Waals surface area contributed by atoms with E-state index in [1.54, 1.807) is 0 Å². The number of allylic oxidation sites excluding steroid dienone is 1. The van der Waals surface area contributed by atoms with Crippen LogP contribution in [0.15, 0.2) is 42.5 Å². The molecular weight excluding hydrogens is 340 g/mol. The summed E-state index contributed by atoms with van der Waals surface area (Å²) in [5, 5.41) is 11.1. The molecule has 0 saturated heterocycles. The van der Waals surface area contributed by atoms with E-state index in [9.17, 15) is 5.11 Å². The largest absolute Gasteiger partial charge is 0.508 e. The van der Waals surface area contributed by atoms with Crippen LogP contribution in [0.25, 0.3) is 6.08 Å². The lowest BCUT2D eigenvalue weighted by molar-refractivity contribution is 0.446. The van der Waals surface area contributed by atoms with Gasteiger partial charge in [-0.25, -0.2) is 0 Å². The van der Waals surface area contributed by atoms with Crippen LogP contribution in [0.1, 0.15) is 90.1 Å². The minimum absolute atomic E-state index is 0.00315. The molecule has 0 amide bonds. The predicted molar refractivity (Wildman–Crippen MR) is 123 cm³/mol. The summed E-state index contributed by atoms with van der Waals surface area (Å²) in [7, 11) is 0. The highest BCUT2D eigenvalue weighted by Crippen LogP contribution is 2.45. The molecule has 0 unspecified atom stereocenters. The highest BCUT2D eigenvalue weighted by molar-refractivity contribution is 5.58. The molecule has 1 N–H and O–H groups in total. The summed E-state index contributed by atoms with van der Waals surface area (Å²) in [6, 6.07) is 12.3. The maximum atomic E-state index is 11.1. The van der Waals surface area contributed by atoms with Crippen molar-refractivity contribution in [2.75, 3.05) is 0 Å². The van der Waals surface area contributed by atoms with E-state index >= 15 is 0 Å². The minimum Gasteiger partial charge on any atom is -0.508 e. The maximum Gasteiger partial charge on any atom is 0.119 e. The number of phenolic OH excluding ortho intramolecular Hbond substituents is 1. The van der Waals surface area contributed by atoms with Gasteiger partial charge in [-0.1, -0.05) is 105 Å². The molecule has 28 heavy (non-hydrogen) atoms. The van der Waals surface area contributed by atoms with Crippen LogP contribution in [-0.4, -0.2) is 5.11 Å². The van der Waals surface area contributed by atoms with E-state index in [4.69, 9.17) is 0 Å². The van der Waals surface area contributed by atoms with Crippen molar-refractivity contribution in [2.24, 2.45) is 0 Å². The Morgan fingerprint density at radius 2 is 1.29 bits per heavy atom. The van der Waals surface area contributed by atoms with Crippen LogP contribution in [-0.2, 0) is 22.7 Å². The van der Waals surface area contributed by atoms with Crippen molar-refractivity contribution in [2.45, 2.75) is 85.0 Å². The Kier molecular flexibility index (Phi) is 6.19. The Labute approximate surface area is 172 Å². The second kappa shape index (κ2) is 7.78. The highest BCUT2D eigenvalue weighted by atomic mass is 16.3. The Balaban J connectivity index is 2.70. The highest BCUT2D eigenvalue weighted by Gasteiger charge is 2.34. The second-order valence-corrected chi connectivity index (χ2v) is 10.9. The van der Waals surface area contributed by atoms with E-state index in [1.807, 2.05) is 24.3 Å². The van der Waals surface area contributed by atoms with Crippen LogP contribution in [0.3, 0.4) is 0 Å². The molecule has 0 spiro atoms. The first-order valence-electron chi connectivity index (χ1n) is 10.3. The van der Waals surface area contributed by atoms with Crippen molar-refractivity contribution in [3.8, 4) is 5.75 Å². The van der Waals surface area contributed by atoms with Crippen molar-refractivity contribution in [3.63, 3.8) is 0 Å². The van der Waals surface area contributed by atoms with E-state index in [2.05, 4.69) is 86.6 Å². The van der Waals surface area contributed by atoms with Crippen LogP contribution in [0, 0.1) is 0 Å². The van der Waals surface area contributed by atoms with Crippen LogP contribution in [0.4, 0.5) is 0 Å². The van der Waals surface area contributed by atoms with Crippen LogP contribution < -0.4 is 0 Å². The van der Waals surface area contributed by atoms with E-state index in [0.29, 0.717) is 5.75 Å². The summed E-state index contributed by atoms with van der Waals surface area (Å²) in [5.41, 5.74) is 6.07. The first-order chi connectivity index (χ1) is 12.7. The Morgan fingerprint density at radius 3 is 1.75 bits per heavy atom. The van der Waals surface area contributed by atoms with Gasteiger partial charge in [0.1, 0.15) is 5.75 Å². The first kappa shape index (κ1) is 22.3. The van der Waals surface area contributed by atoms with Gasteiger partial charge in [0, 0.05) is 5.56 Å². The van der Waals surface area contributed by atoms with Crippen molar-refractivity contribution in [1.29, 1.82) is 0 Å². The molecule has 0 aliphatic carbocycles. The SMILES string of the molecule is CC(C)(C)c1cc(O)c(CC=Cc2ccccc2)c(C(C)(C)C)c1C(C)(C)C. The maximum absolute atomic E-state index is 11.1. The summed E-state index contributed by atoms with van der Waals surface area (Å²) < 4.78 is 0. The molecule has 1 nitrogen and oxygen atoms in total.